The van der Waals surface area contributed by atoms with Crippen LogP contribution >= 0.6 is 11.3 Å². The van der Waals surface area contributed by atoms with Gasteiger partial charge in [-0.1, -0.05) is 19.8 Å². The Labute approximate surface area is 84.0 Å². The maximum atomic E-state index is 5.45. The van der Waals surface area contributed by atoms with Crippen LogP contribution in [0, 0.1) is 6.92 Å². The van der Waals surface area contributed by atoms with Crippen molar-refractivity contribution in [2.45, 2.75) is 25.7 Å². The second-order valence-corrected chi connectivity index (χ2v) is 3.62. The predicted molar refractivity (Wildman–Crippen MR) is 55.8 cm³/mol. The van der Waals surface area contributed by atoms with Gasteiger partial charge in [0.2, 0.25) is 0 Å². The first-order valence-electron chi connectivity index (χ1n) is 4.67. The number of hydrogen-bond donors (Lipinski definition) is 0. The molecule has 0 unspecified atom stereocenters. The molecule has 0 aliphatic carbocycles. The molecule has 0 atom stereocenters. The SMILES string of the molecule is [CH2]CCCCOCCc1cscn1. The van der Waals surface area contributed by atoms with Crippen LogP contribution in [0.1, 0.15) is 25.0 Å². The highest BCUT2D eigenvalue weighted by Gasteiger charge is 1.94. The molecular weight excluding hydrogens is 182 g/mol. The average molecular weight is 198 g/mol. The fourth-order valence-electron chi connectivity index (χ4n) is 1.02. The van der Waals surface area contributed by atoms with Crippen molar-refractivity contribution in [1.82, 2.24) is 4.98 Å². The van der Waals surface area contributed by atoms with Gasteiger partial charge in [-0.25, -0.2) is 4.98 Å². The number of rotatable bonds is 7. The molecule has 13 heavy (non-hydrogen) atoms. The van der Waals surface area contributed by atoms with Crippen molar-refractivity contribution in [2.24, 2.45) is 0 Å². The standard InChI is InChI=1S/C10H16NOS/c1-2-3-4-6-12-7-5-10-8-13-9-11-10/h8-9H,1-7H2. The van der Waals surface area contributed by atoms with E-state index in [1.54, 1.807) is 11.3 Å². The smallest absolute Gasteiger partial charge is 0.0794 e. The molecule has 0 spiro atoms. The van der Waals surface area contributed by atoms with Crippen LogP contribution in [0.4, 0.5) is 0 Å². The second kappa shape index (κ2) is 7.04. The molecule has 0 aliphatic rings. The molecule has 0 bridgehead atoms. The highest BCUT2D eigenvalue weighted by Crippen LogP contribution is 2.02. The van der Waals surface area contributed by atoms with Crippen LogP contribution in [-0.4, -0.2) is 18.2 Å². The first-order chi connectivity index (χ1) is 6.43. The van der Waals surface area contributed by atoms with Gasteiger partial charge in [0.25, 0.3) is 0 Å². The molecule has 1 aromatic rings. The Bertz CT molecular complexity index is 199. The molecule has 1 radical (unpaired) electrons. The summed E-state index contributed by atoms with van der Waals surface area (Å²) in [5, 5.41) is 2.07. The average Bonchev–Trinajstić information content (AvgIpc) is 2.63. The summed E-state index contributed by atoms with van der Waals surface area (Å²) < 4.78 is 5.45. The molecule has 1 aromatic heterocycles. The van der Waals surface area contributed by atoms with Crippen LogP contribution in [-0.2, 0) is 11.2 Å². The van der Waals surface area contributed by atoms with E-state index in [-0.39, 0.29) is 0 Å². The zero-order chi connectivity index (χ0) is 9.36. The largest absolute Gasteiger partial charge is 0.381 e. The third-order valence-electron chi connectivity index (χ3n) is 1.77. The lowest BCUT2D eigenvalue weighted by Gasteiger charge is -2.01. The number of nitrogens with zero attached hydrogens (tertiary/aromatic N) is 1. The minimum absolute atomic E-state index is 0.793. The Balaban J connectivity index is 1.90. The van der Waals surface area contributed by atoms with Crippen molar-refractivity contribution < 1.29 is 4.74 Å². The Hall–Kier alpha value is -0.410. The Morgan fingerprint density at radius 2 is 2.31 bits per heavy atom. The van der Waals surface area contributed by atoms with Crippen molar-refractivity contribution in [3.05, 3.63) is 23.5 Å². The van der Waals surface area contributed by atoms with Crippen LogP contribution in [0.2, 0.25) is 0 Å². The van der Waals surface area contributed by atoms with Crippen molar-refractivity contribution in [1.29, 1.82) is 0 Å². The van der Waals surface area contributed by atoms with E-state index in [4.69, 9.17) is 4.74 Å². The summed E-state index contributed by atoms with van der Waals surface area (Å²) in [6.07, 6.45) is 4.24. The van der Waals surface area contributed by atoms with Crippen LogP contribution in [0.5, 0.6) is 0 Å². The van der Waals surface area contributed by atoms with Gasteiger partial charge in [0.1, 0.15) is 0 Å². The second-order valence-electron chi connectivity index (χ2n) is 2.90. The van der Waals surface area contributed by atoms with Gasteiger partial charge in [-0.2, -0.15) is 0 Å². The summed E-state index contributed by atoms with van der Waals surface area (Å²) >= 11 is 1.64. The maximum absolute atomic E-state index is 5.45. The van der Waals surface area contributed by atoms with Crippen molar-refractivity contribution in [3.8, 4) is 0 Å². The summed E-state index contributed by atoms with van der Waals surface area (Å²) in [5.41, 5.74) is 3.00. The maximum Gasteiger partial charge on any atom is 0.0794 e. The quantitative estimate of drug-likeness (QED) is 0.628. The van der Waals surface area contributed by atoms with Gasteiger partial charge in [-0.3, -0.25) is 0 Å². The third-order valence-corrected chi connectivity index (χ3v) is 2.41. The molecule has 73 valence electrons. The minimum atomic E-state index is 0.793. The normalized spacial score (nSPS) is 10.5. The first kappa shape index (κ1) is 10.7. The van der Waals surface area contributed by atoms with Gasteiger partial charge in [0, 0.05) is 18.4 Å². The van der Waals surface area contributed by atoms with Crippen LogP contribution < -0.4 is 0 Å². The zero-order valence-electron chi connectivity index (χ0n) is 7.87. The number of thiazole rings is 1. The van der Waals surface area contributed by atoms with Gasteiger partial charge in [-0.15, -0.1) is 11.3 Å². The summed E-state index contributed by atoms with van der Waals surface area (Å²) in [6, 6.07) is 0. The number of ether oxygens (including phenoxy) is 1. The first-order valence-corrected chi connectivity index (χ1v) is 5.62. The van der Waals surface area contributed by atoms with E-state index in [9.17, 15) is 0 Å². The third kappa shape index (κ3) is 5.01. The summed E-state index contributed by atoms with van der Waals surface area (Å²) in [4.78, 5) is 4.18. The molecule has 0 fully saturated rings. The molecule has 0 saturated heterocycles. The predicted octanol–water partition coefficient (Wildman–Crippen LogP) is 2.71. The van der Waals surface area contributed by atoms with E-state index < -0.39 is 0 Å². The van der Waals surface area contributed by atoms with Gasteiger partial charge in [-0.05, 0) is 6.42 Å². The Morgan fingerprint density at radius 1 is 1.38 bits per heavy atom. The van der Waals surface area contributed by atoms with E-state index in [0.717, 1.165) is 44.6 Å². The monoisotopic (exact) mass is 198 g/mol. The zero-order valence-corrected chi connectivity index (χ0v) is 8.68. The lowest BCUT2D eigenvalue weighted by atomic mass is 10.3. The molecule has 1 heterocycles. The van der Waals surface area contributed by atoms with Gasteiger partial charge < -0.3 is 4.74 Å². The summed E-state index contributed by atoms with van der Waals surface area (Å²) in [7, 11) is 0. The Morgan fingerprint density at radius 3 is 3.00 bits per heavy atom. The van der Waals surface area contributed by atoms with E-state index in [1.165, 1.54) is 0 Å². The molecule has 0 aliphatic heterocycles. The van der Waals surface area contributed by atoms with E-state index in [2.05, 4.69) is 17.3 Å². The molecule has 1 rings (SSSR count). The van der Waals surface area contributed by atoms with Gasteiger partial charge >= 0.3 is 0 Å². The molecular formula is C10H16NOS. The van der Waals surface area contributed by atoms with Crippen molar-refractivity contribution in [3.63, 3.8) is 0 Å². The van der Waals surface area contributed by atoms with Gasteiger partial charge in [0.15, 0.2) is 0 Å². The summed E-state index contributed by atoms with van der Waals surface area (Å²) in [5.74, 6) is 0. The fraction of sp³-hybridized carbons (Fsp3) is 0.600. The lowest BCUT2D eigenvalue weighted by molar-refractivity contribution is 0.133. The van der Waals surface area contributed by atoms with Gasteiger partial charge in [0.05, 0.1) is 17.8 Å². The van der Waals surface area contributed by atoms with Crippen molar-refractivity contribution >= 4 is 11.3 Å². The fourth-order valence-corrected chi connectivity index (χ4v) is 1.61. The van der Waals surface area contributed by atoms with E-state index in [0.29, 0.717) is 0 Å². The minimum Gasteiger partial charge on any atom is -0.381 e. The molecule has 2 nitrogen and oxygen atoms in total. The highest BCUT2D eigenvalue weighted by atomic mass is 32.1. The molecule has 0 saturated carbocycles. The number of unbranched alkanes of at least 4 members (excludes halogenated alkanes) is 2. The number of aromatic nitrogens is 1. The molecule has 0 amide bonds. The highest BCUT2D eigenvalue weighted by molar-refractivity contribution is 7.07. The van der Waals surface area contributed by atoms with Crippen molar-refractivity contribution in [2.75, 3.05) is 13.2 Å². The lowest BCUT2D eigenvalue weighted by Crippen LogP contribution is -2.00. The topological polar surface area (TPSA) is 22.1 Å². The van der Waals surface area contributed by atoms with E-state index in [1.807, 2.05) is 5.51 Å². The molecule has 0 N–H and O–H groups in total. The number of hydrogen-bond acceptors (Lipinski definition) is 3. The summed E-state index contributed by atoms with van der Waals surface area (Å²) in [6.45, 7) is 5.43. The van der Waals surface area contributed by atoms with Crippen LogP contribution in [0.3, 0.4) is 0 Å². The molecule has 3 heteroatoms. The van der Waals surface area contributed by atoms with Crippen LogP contribution in [0.25, 0.3) is 0 Å². The molecule has 0 aromatic carbocycles. The van der Waals surface area contributed by atoms with E-state index >= 15 is 0 Å². The van der Waals surface area contributed by atoms with Crippen LogP contribution in [0.15, 0.2) is 10.9 Å². The Kier molecular flexibility index (Phi) is 5.78.